The molecule has 26 heavy (non-hydrogen) atoms. The molecule has 2 rings (SSSR count). The summed E-state index contributed by atoms with van der Waals surface area (Å²) in [7, 11) is -3.60. The molecule has 0 saturated carbocycles. The quantitative estimate of drug-likeness (QED) is 0.694. The van der Waals surface area contributed by atoms with Crippen molar-refractivity contribution >= 4 is 9.84 Å². The third-order valence-corrected chi connectivity index (χ3v) is 5.67. The smallest absolute Gasteiger partial charge is 0.387 e. The fourth-order valence-electron chi connectivity index (χ4n) is 2.88. The second-order valence-corrected chi connectivity index (χ2v) is 8.15. The normalized spacial score (nSPS) is 24.0. The number of sulfone groups is 1. The minimum Gasteiger partial charge on any atom is -0.435 e. The van der Waals surface area contributed by atoms with E-state index in [2.05, 4.69) is 10.1 Å². The van der Waals surface area contributed by atoms with E-state index < -0.39 is 34.6 Å². The summed E-state index contributed by atoms with van der Waals surface area (Å²) in [6, 6.07) is 5.89. The van der Waals surface area contributed by atoms with E-state index in [0.29, 0.717) is 13.2 Å². The number of halogens is 2. The number of hydrogen-bond donors (Lipinski definition) is 1. The van der Waals surface area contributed by atoms with Gasteiger partial charge in [0.2, 0.25) is 0 Å². The van der Waals surface area contributed by atoms with Crippen molar-refractivity contribution in [2.45, 2.75) is 51.1 Å². The summed E-state index contributed by atoms with van der Waals surface area (Å²) in [4.78, 5) is 0. The Balaban J connectivity index is 2.03. The van der Waals surface area contributed by atoms with Crippen LogP contribution in [0.2, 0.25) is 0 Å². The van der Waals surface area contributed by atoms with Crippen LogP contribution in [0.3, 0.4) is 0 Å². The summed E-state index contributed by atoms with van der Waals surface area (Å²) in [6.07, 6.45) is -0.279. The Bertz CT molecular complexity index is 671. The van der Waals surface area contributed by atoms with Gasteiger partial charge in [0.05, 0.1) is 23.7 Å². The van der Waals surface area contributed by atoms with Crippen molar-refractivity contribution in [3.05, 3.63) is 29.8 Å². The number of ether oxygens (including phenoxy) is 3. The predicted molar refractivity (Wildman–Crippen MR) is 92.9 cm³/mol. The summed E-state index contributed by atoms with van der Waals surface area (Å²) in [5.74, 6) is -0.762. The van der Waals surface area contributed by atoms with Crippen LogP contribution >= 0.6 is 0 Å². The van der Waals surface area contributed by atoms with Crippen LogP contribution in [-0.2, 0) is 25.1 Å². The highest BCUT2D eigenvalue weighted by molar-refractivity contribution is 7.90. The summed E-state index contributed by atoms with van der Waals surface area (Å²) < 4.78 is 65.7. The monoisotopic (exact) mass is 393 g/mol. The van der Waals surface area contributed by atoms with Gasteiger partial charge in [0.1, 0.15) is 5.75 Å². The lowest BCUT2D eigenvalue weighted by Gasteiger charge is -2.36. The molecule has 148 valence electrons. The van der Waals surface area contributed by atoms with E-state index in [1.807, 2.05) is 13.8 Å². The van der Waals surface area contributed by atoms with E-state index in [0.717, 1.165) is 6.42 Å². The molecule has 6 nitrogen and oxygen atoms in total. The van der Waals surface area contributed by atoms with Gasteiger partial charge in [-0.25, -0.2) is 8.42 Å². The van der Waals surface area contributed by atoms with Crippen LogP contribution in [0.25, 0.3) is 0 Å². The molecule has 0 radical (unpaired) electrons. The zero-order valence-corrected chi connectivity index (χ0v) is 15.7. The number of morpholine rings is 1. The van der Waals surface area contributed by atoms with E-state index in [1.54, 1.807) is 6.07 Å². The molecule has 9 heteroatoms. The fourth-order valence-corrected chi connectivity index (χ4v) is 4.47. The molecule has 1 N–H and O–H groups in total. The van der Waals surface area contributed by atoms with Crippen LogP contribution in [0.1, 0.15) is 25.8 Å². The predicted octanol–water partition coefficient (Wildman–Crippen LogP) is 2.33. The third kappa shape index (κ3) is 6.15. The zero-order chi connectivity index (χ0) is 19.2. The topological polar surface area (TPSA) is 73.9 Å². The highest BCUT2D eigenvalue weighted by Gasteiger charge is 2.33. The molecule has 1 saturated heterocycles. The maximum Gasteiger partial charge on any atom is 0.387 e. The second kappa shape index (κ2) is 9.59. The average Bonchev–Trinajstić information content (AvgIpc) is 2.56. The van der Waals surface area contributed by atoms with Gasteiger partial charge in [-0.3, -0.25) is 0 Å². The lowest BCUT2D eigenvalue weighted by atomic mass is 10.1. The summed E-state index contributed by atoms with van der Waals surface area (Å²) >= 11 is 0. The molecule has 1 aromatic carbocycles. The van der Waals surface area contributed by atoms with Crippen LogP contribution < -0.4 is 10.1 Å². The number of rotatable bonds is 9. The number of para-hydroxylation sites is 1. The van der Waals surface area contributed by atoms with E-state index in [9.17, 15) is 17.2 Å². The van der Waals surface area contributed by atoms with Crippen LogP contribution in [-0.4, -0.2) is 52.4 Å². The average molecular weight is 393 g/mol. The van der Waals surface area contributed by atoms with Gasteiger partial charge in [-0.05, 0) is 19.4 Å². The van der Waals surface area contributed by atoms with Crippen molar-refractivity contribution in [3.63, 3.8) is 0 Å². The summed E-state index contributed by atoms with van der Waals surface area (Å²) in [6.45, 7) is 1.67. The number of benzene rings is 1. The SMILES string of the molecule is CCOC1O[C@@H](CS(=O)(=O)Cc2ccccc2OC(F)F)CN[C@H]1CC. The van der Waals surface area contributed by atoms with E-state index in [-0.39, 0.29) is 23.1 Å². The van der Waals surface area contributed by atoms with Crippen molar-refractivity contribution in [1.82, 2.24) is 5.32 Å². The van der Waals surface area contributed by atoms with Crippen LogP contribution in [0.5, 0.6) is 5.75 Å². The molecule has 1 aliphatic heterocycles. The zero-order valence-electron chi connectivity index (χ0n) is 14.9. The van der Waals surface area contributed by atoms with Crippen molar-refractivity contribution in [2.75, 3.05) is 18.9 Å². The fraction of sp³-hybridized carbons (Fsp3) is 0.647. The first-order chi connectivity index (χ1) is 12.3. The molecule has 1 unspecified atom stereocenters. The molecule has 0 amide bonds. The largest absolute Gasteiger partial charge is 0.435 e. The van der Waals surface area contributed by atoms with Gasteiger partial charge in [-0.15, -0.1) is 0 Å². The minimum atomic E-state index is -3.60. The Kier molecular flexibility index (Phi) is 7.75. The molecule has 3 atom stereocenters. The Morgan fingerprint density at radius 2 is 2.04 bits per heavy atom. The van der Waals surface area contributed by atoms with Crippen molar-refractivity contribution in [1.29, 1.82) is 0 Å². The van der Waals surface area contributed by atoms with Gasteiger partial charge >= 0.3 is 6.61 Å². The molecule has 0 aromatic heterocycles. The lowest BCUT2D eigenvalue weighted by Crippen LogP contribution is -2.54. The summed E-state index contributed by atoms with van der Waals surface area (Å²) in [5, 5.41) is 3.24. The highest BCUT2D eigenvalue weighted by Crippen LogP contribution is 2.24. The lowest BCUT2D eigenvalue weighted by molar-refractivity contribution is -0.197. The van der Waals surface area contributed by atoms with Gasteiger partial charge < -0.3 is 19.5 Å². The van der Waals surface area contributed by atoms with Crippen molar-refractivity contribution in [2.24, 2.45) is 0 Å². The van der Waals surface area contributed by atoms with Crippen molar-refractivity contribution in [3.8, 4) is 5.75 Å². The van der Waals surface area contributed by atoms with Crippen LogP contribution in [0.4, 0.5) is 8.78 Å². The Morgan fingerprint density at radius 1 is 1.31 bits per heavy atom. The van der Waals surface area contributed by atoms with Crippen molar-refractivity contribution < 1.29 is 31.4 Å². The maximum absolute atomic E-state index is 12.5. The van der Waals surface area contributed by atoms with E-state index in [4.69, 9.17) is 9.47 Å². The Labute approximate surface area is 152 Å². The first-order valence-corrected chi connectivity index (χ1v) is 10.4. The highest BCUT2D eigenvalue weighted by atomic mass is 32.2. The van der Waals surface area contributed by atoms with E-state index >= 15 is 0 Å². The molecule has 1 fully saturated rings. The van der Waals surface area contributed by atoms with Gasteiger partial charge in [-0.1, -0.05) is 25.1 Å². The van der Waals surface area contributed by atoms with Gasteiger partial charge in [0.25, 0.3) is 0 Å². The molecule has 0 bridgehead atoms. The summed E-state index contributed by atoms with van der Waals surface area (Å²) in [5.41, 5.74) is 0.198. The molecule has 1 aliphatic rings. The molecule has 1 heterocycles. The standard InChI is InChI=1S/C17H25F2NO5S/c1-3-14-16(23-4-2)24-13(9-20-14)11-26(21,22)10-12-7-5-6-8-15(12)25-17(18)19/h5-8,13-14,16-17,20H,3-4,9-11H2,1-2H3/t13-,14+,16?/m1/s1. The Hall–Kier alpha value is -1.29. The van der Waals surface area contributed by atoms with Crippen LogP contribution in [0.15, 0.2) is 24.3 Å². The van der Waals surface area contributed by atoms with Crippen LogP contribution in [0, 0.1) is 0 Å². The molecular weight excluding hydrogens is 368 g/mol. The molecule has 0 spiro atoms. The number of nitrogens with one attached hydrogen (secondary N) is 1. The molecular formula is C17H25F2NO5S. The van der Waals surface area contributed by atoms with Gasteiger partial charge in [0, 0.05) is 18.7 Å². The van der Waals surface area contributed by atoms with Gasteiger partial charge in [-0.2, -0.15) is 8.78 Å². The van der Waals surface area contributed by atoms with E-state index in [1.165, 1.54) is 18.2 Å². The third-order valence-electron chi connectivity index (χ3n) is 4.04. The first-order valence-electron chi connectivity index (χ1n) is 8.58. The molecule has 1 aromatic rings. The maximum atomic E-state index is 12.5. The second-order valence-electron chi connectivity index (χ2n) is 6.05. The molecule has 0 aliphatic carbocycles. The first kappa shape index (κ1) is 21.0. The number of hydrogen-bond acceptors (Lipinski definition) is 6. The minimum absolute atomic E-state index is 0.00840. The van der Waals surface area contributed by atoms with Gasteiger partial charge in [0.15, 0.2) is 16.1 Å². The number of alkyl halides is 2. The Morgan fingerprint density at radius 3 is 2.69 bits per heavy atom.